The third-order valence-corrected chi connectivity index (χ3v) is 11.7. The normalized spacial score (nSPS) is 22.2. The molecule has 7 fully saturated rings. The fourth-order valence-corrected chi connectivity index (χ4v) is 7.64. The molecule has 7 heterocycles. The first-order chi connectivity index (χ1) is 41.7. The van der Waals surface area contributed by atoms with E-state index in [-0.39, 0.29) is 134 Å². The molecule has 0 aromatic heterocycles. The summed E-state index contributed by atoms with van der Waals surface area (Å²) in [6.07, 6.45) is 3.95. The van der Waals surface area contributed by atoms with Crippen molar-refractivity contribution >= 4 is 48.3 Å². The van der Waals surface area contributed by atoms with Gasteiger partial charge < -0.3 is 80.7 Å². The predicted molar refractivity (Wildman–Crippen MR) is 277 cm³/mol. The molecule has 0 aliphatic carbocycles. The zero-order chi connectivity index (χ0) is 63.0. The van der Waals surface area contributed by atoms with Crippen LogP contribution >= 0.6 is 0 Å². The van der Waals surface area contributed by atoms with Gasteiger partial charge in [-0.05, 0) is 38.5 Å². The second-order valence-electron chi connectivity index (χ2n) is 18.3. The zero-order valence-corrected chi connectivity index (χ0v) is 47.4. The van der Waals surface area contributed by atoms with E-state index >= 15 is 0 Å². The number of hydrogen-bond donors (Lipinski definition) is 0. The van der Waals surface area contributed by atoms with Crippen molar-refractivity contribution in [2.75, 3.05) is 106 Å². The molecule has 0 N–H and O–H groups in total. The van der Waals surface area contributed by atoms with Crippen LogP contribution in [0.2, 0.25) is 0 Å². The molecule has 32 heteroatoms. The van der Waals surface area contributed by atoms with Gasteiger partial charge in [0.25, 0.3) is 0 Å². The number of ether oxygens (including phenoxy) is 16. The second-order valence-corrected chi connectivity index (χ2v) is 18.3. The minimum Gasteiger partial charge on any atom is -0.463 e. The maximum atomic E-state index is 11.1. The largest absolute Gasteiger partial charge is 0.508 e. The Morgan fingerprint density at radius 2 is 0.872 bits per heavy atom. The number of hydrogen-bond acceptors (Lipinski definition) is 31. The summed E-state index contributed by atoms with van der Waals surface area (Å²) >= 11 is 0. The van der Waals surface area contributed by atoms with Gasteiger partial charge in [0, 0.05) is 32.7 Å². The van der Waals surface area contributed by atoms with Gasteiger partial charge in [-0.15, -0.1) is 0 Å². The average molecular weight is 1220 g/mol. The van der Waals surface area contributed by atoms with Crippen LogP contribution in [0.5, 0.6) is 0 Å². The molecule has 8 atom stereocenters. The van der Waals surface area contributed by atoms with Crippen LogP contribution in [0.1, 0.15) is 96.3 Å². The van der Waals surface area contributed by atoms with E-state index in [2.05, 4.69) is 28.4 Å². The van der Waals surface area contributed by atoms with E-state index in [1.165, 1.54) is 4.90 Å². The van der Waals surface area contributed by atoms with Crippen LogP contribution in [0.3, 0.4) is 0 Å². The van der Waals surface area contributed by atoms with Crippen LogP contribution in [0.15, 0.2) is 0 Å². The summed E-state index contributed by atoms with van der Waals surface area (Å²) in [5.41, 5.74) is 0. The van der Waals surface area contributed by atoms with Gasteiger partial charge in [-0.2, -0.15) is 36.8 Å². The highest BCUT2D eigenvalue weighted by Crippen LogP contribution is 2.34. The number of fused-ring (bicyclic) bond motifs is 1. The quantitative estimate of drug-likeness (QED) is 0.0761. The number of esters is 5. The van der Waals surface area contributed by atoms with Crippen molar-refractivity contribution in [1.29, 1.82) is 36.8 Å². The number of nitrogens with zero attached hydrogens (tertiary/aromatic N) is 8. The molecule has 7 aliphatic heterocycles. The number of carbonyl (C=O) groups excluding carboxylic acids is 8. The van der Waals surface area contributed by atoms with Gasteiger partial charge in [0.15, 0.2) is 6.10 Å². The third-order valence-electron chi connectivity index (χ3n) is 11.7. The van der Waals surface area contributed by atoms with Gasteiger partial charge in [-0.25, -0.2) is 14.4 Å². The number of rotatable bonds is 24. The van der Waals surface area contributed by atoms with Gasteiger partial charge >= 0.3 is 48.3 Å². The molecule has 0 aromatic carbocycles. The number of carbonyl (C=O) groups is 8. The molecule has 0 aromatic rings. The van der Waals surface area contributed by atoms with Crippen molar-refractivity contribution < 1.29 is 114 Å². The first-order valence-electron chi connectivity index (χ1n) is 27.3. The Kier molecular flexibility index (Phi) is 39.9. The molecule has 0 saturated carbocycles. The van der Waals surface area contributed by atoms with Crippen LogP contribution in [0.25, 0.3) is 0 Å². The molecule has 470 valence electrons. The Balaban J connectivity index is 0.000000358. The first kappa shape index (κ1) is 73.5. The van der Waals surface area contributed by atoms with Crippen LogP contribution in [-0.4, -0.2) is 208 Å². The van der Waals surface area contributed by atoms with E-state index in [1.54, 1.807) is 30.3 Å². The SMILES string of the molecule is N#CCC(=O)OCC1CC2OC(COC(=O)CC#N)CC2O1.N#CCC(=O)OCC1CCCO1.N#CCC(=O)OCC1COC(=O)O1.N#CCC(=O)OCCN1CCOC1=O.N#CCCOC(=O)OCC1CCCO1.N#CCCOCC1CCCO1. The molecule has 7 saturated heterocycles. The minimum atomic E-state index is -0.763. The Hall–Kier alpha value is -8.65. The Bertz CT molecular complexity index is 2350. The van der Waals surface area contributed by atoms with E-state index in [0.717, 1.165) is 58.3 Å². The van der Waals surface area contributed by atoms with Crippen LogP contribution in [0.4, 0.5) is 14.4 Å². The molecular formula is C54H70N8O24. The molecule has 0 radical (unpaired) electrons. The molecular weight excluding hydrogens is 1140 g/mol. The number of amides is 1. The number of cyclic esters (lactones) is 3. The van der Waals surface area contributed by atoms with Crippen LogP contribution < -0.4 is 0 Å². The molecule has 7 aliphatic rings. The fraction of sp³-hybridized carbons (Fsp3) is 0.722. The topological polar surface area (TPSA) is 454 Å². The van der Waals surface area contributed by atoms with Gasteiger partial charge in [0.2, 0.25) is 0 Å². The molecule has 1 amide bonds. The maximum Gasteiger partial charge on any atom is 0.508 e. The van der Waals surface area contributed by atoms with E-state index < -0.39 is 48.3 Å². The van der Waals surface area contributed by atoms with Crippen LogP contribution in [0, 0.1) is 79.3 Å². The van der Waals surface area contributed by atoms with Gasteiger partial charge in [0.1, 0.15) is 91.6 Å². The summed E-state index contributed by atoms with van der Waals surface area (Å²) in [7, 11) is 0. The summed E-state index contributed by atoms with van der Waals surface area (Å²) in [5, 5.41) is 57.5. The van der Waals surface area contributed by atoms with Crippen molar-refractivity contribution in [3.63, 3.8) is 0 Å². The second kappa shape index (κ2) is 46.7. The van der Waals surface area contributed by atoms with E-state index in [9.17, 15) is 38.4 Å². The molecule has 86 heavy (non-hydrogen) atoms. The van der Waals surface area contributed by atoms with Gasteiger partial charge in [-0.3, -0.25) is 24.0 Å². The molecule has 7 rings (SSSR count). The van der Waals surface area contributed by atoms with Crippen molar-refractivity contribution in [2.45, 2.75) is 145 Å². The standard InChI is InChI=1S/C14H16N2O6.C9H13NO4.C8H10N2O4.C8H11NO3.C8H13NO2.C7H7NO5/c15-3-1-13(17)19-7-9-5-11-12(21-9)6-10(22-11)8-20-14(18)2-4-16;10-4-2-6-13-9(11)14-7-8-3-1-5-12-8;9-2-1-7(11)13-5-3-10-4-6-14-8(10)12;9-4-3-8(10)12-6-7-2-1-5-11-7;9-4-2-5-10-7-8-3-1-6-11-8;8-2-1-6(9)11-3-5-4-12-7(10)13-5/h9-12H,1-2,5-8H2;8H,1-3,5-7H2;1,3-6H2;7H,1-3,5-6H2;8H,1-3,5-7H2;5H,1,3-4H2. The van der Waals surface area contributed by atoms with E-state index in [1.807, 2.05) is 12.1 Å². The lowest BCUT2D eigenvalue weighted by Crippen LogP contribution is -2.28. The van der Waals surface area contributed by atoms with E-state index in [0.29, 0.717) is 58.8 Å². The molecule has 8 unspecified atom stereocenters. The van der Waals surface area contributed by atoms with E-state index in [4.69, 9.17) is 84.2 Å². The highest BCUT2D eigenvalue weighted by atomic mass is 16.8. The zero-order valence-electron chi connectivity index (χ0n) is 47.4. The average Bonchev–Trinajstić information content (AvgIpc) is 2.88. The van der Waals surface area contributed by atoms with Crippen molar-refractivity contribution in [1.82, 2.24) is 4.90 Å². The highest BCUT2D eigenvalue weighted by molar-refractivity contribution is 5.73. The lowest BCUT2D eigenvalue weighted by molar-refractivity contribution is -0.147. The van der Waals surface area contributed by atoms with Crippen molar-refractivity contribution in [2.24, 2.45) is 0 Å². The molecule has 0 bridgehead atoms. The Morgan fingerprint density at radius 1 is 0.453 bits per heavy atom. The Labute approximate surface area is 496 Å². The smallest absolute Gasteiger partial charge is 0.463 e. The molecule has 0 spiro atoms. The summed E-state index contributed by atoms with van der Waals surface area (Å²) in [4.78, 5) is 87.9. The van der Waals surface area contributed by atoms with Gasteiger partial charge in [0.05, 0.1) is 124 Å². The number of nitriles is 7. The van der Waals surface area contributed by atoms with Crippen molar-refractivity contribution in [3.8, 4) is 42.5 Å². The lowest BCUT2D eigenvalue weighted by atomic mass is 10.1. The lowest BCUT2D eigenvalue weighted by Gasteiger charge is -2.15. The van der Waals surface area contributed by atoms with Crippen molar-refractivity contribution in [3.05, 3.63) is 0 Å². The van der Waals surface area contributed by atoms with Crippen LogP contribution in [-0.2, 0) is 99.8 Å². The van der Waals surface area contributed by atoms with Gasteiger partial charge in [-0.1, -0.05) is 0 Å². The summed E-state index contributed by atoms with van der Waals surface area (Å²) in [6, 6.07) is 12.4. The Morgan fingerprint density at radius 3 is 1.27 bits per heavy atom. The summed E-state index contributed by atoms with van der Waals surface area (Å²) < 4.78 is 79.4. The summed E-state index contributed by atoms with van der Waals surface area (Å²) in [5.74, 6) is -2.80. The first-order valence-corrected chi connectivity index (χ1v) is 27.3. The monoisotopic (exact) mass is 1210 g/mol. The maximum absolute atomic E-state index is 11.1. The molecule has 32 nitrogen and oxygen atoms in total. The highest BCUT2D eigenvalue weighted by Gasteiger charge is 2.44. The predicted octanol–water partition coefficient (Wildman–Crippen LogP) is 3.04. The minimum absolute atomic E-state index is 0.0125. The summed E-state index contributed by atoms with van der Waals surface area (Å²) in [6.45, 7) is 5.72. The third kappa shape index (κ3) is 35.5. The fourth-order valence-electron chi connectivity index (χ4n) is 7.64.